The molecule has 1 heterocycles. The lowest BCUT2D eigenvalue weighted by Crippen LogP contribution is -2.46. The first-order valence-corrected chi connectivity index (χ1v) is 6.46. The highest BCUT2D eigenvalue weighted by Crippen LogP contribution is 2.26. The number of aryl methyl sites for hydroxylation is 1. The fraction of sp³-hybridized carbons (Fsp3) is 0.308. The lowest BCUT2D eigenvalue weighted by Gasteiger charge is -2.28. The van der Waals surface area contributed by atoms with Crippen molar-refractivity contribution in [1.29, 1.82) is 0 Å². The molecular formula is C13H15N3O2S. The summed E-state index contributed by atoms with van der Waals surface area (Å²) >= 11 is 4.66. The summed E-state index contributed by atoms with van der Waals surface area (Å²) in [6.07, 6.45) is 1.78. The summed E-state index contributed by atoms with van der Waals surface area (Å²) in [6.45, 7) is 0.589. The van der Waals surface area contributed by atoms with Crippen molar-refractivity contribution >= 4 is 34.7 Å². The summed E-state index contributed by atoms with van der Waals surface area (Å²) in [5, 5.41) is 2.41. The third-order valence-electron chi connectivity index (χ3n) is 2.97. The number of carbonyl (C=O) groups excluding carboxylic acids is 2. The molecule has 2 rings (SSSR count). The Morgan fingerprint density at radius 1 is 1.37 bits per heavy atom. The van der Waals surface area contributed by atoms with Crippen LogP contribution in [0.15, 0.2) is 24.3 Å². The molecule has 1 aliphatic rings. The van der Waals surface area contributed by atoms with Gasteiger partial charge >= 0.3 is 11.8 Å². The van der Waals surface area contributed by atoms with Crippen molar-refractivity contribution in [2.45, 2.75) is 12.8 Å². The second-order valence-corrected chi connectivity index (χ2v) is 4.86. The highest BCUT2D eigenvalue weighted by Gasteiger charge is 2.26. The van der Waals surface area contributed by atoms with Gasteiger partial charge in [-0.15, -0.1) is 0 Å². The van der Waals surface area contributed by atoms with Gasteiger partial charge in [0, 0.05) is 12.2 Å². The second kappa shape index (κ2) is 5.79. The minimum absolute atomic E-state index is 0.0371. The van der Waals surface area contributed by atoms with Gasteiger partial charge in [0.05, 0.1) is 11.5 Å². The van der Waals surface area contributed by atoms with Crippen molar-refractivity contribution in [2.24, 2.45) is 5.73 Å². The third kappa shape index (κ3) is 3.08. The Morgan fingerprint density at radius 2 is 2.11 bits per heavy atom. The van der Waals surface area contributed by atoms with Crippen molar-refractivity contribution in [3.63, 3.8) is 0 Å². The van der Waals surface area contributed by atoms with Crippen molar-refractivity contribution < 1.29 is 9.59 Å². The Labute approximate surface area is 116 Å². The fourth-order valence-corrected chi connectivity index (χ4v) is 2.18. The first kappa shape index (κ1) is 13.5. The van der Waals surface area contributed by atoms with Crippen LogP contribution in [0.4, 0.5) is 5.69 Å². The number of para-hydroxylation sites is 1. The molecule has 0 saturated carbocycles. The molecule has 3 N–H and O–H groups in total. The van der Waals surface area contributed by atoms with E-state index >= 15 is 0 Å². The topological polar surface area (TPSA) is 75.4 Å². The molecule has 1 aliphatic heterocycles. The van der Waals surface area contributed by atoms with Crippen LogP contribution < -0.4 is 16.0 Å². The minimum Gasteiger partial charge on any atom is -0.392 e. The second-order valence-electron chi connectivity index (χ2n) is 4.34. The van der Waals surface area contributed by atoms with Gasteiger partial charge in [-0.25, -0.2) is 0 Å². The van der Waals surface area contributed by atoms with Crippen molar-refractivity contribution in [2.75, 3.05) is 18.0 Å². The van der Waals surface area contributed by atoms with Gasteiger partial charge in [0.1, 0.15) is 0 Å². The number of amides is 2. The molecule has 0 atom stereocenters. The van der Waals surface area contributed by atoms with Crippen molar-refractivity contribution in [3.05, 3.63) is 29.8 Å². The quantitative estimate of drug-likeness (QED) is 0.605. The Balaban J connectivity index is 2.12. The highest BCUT2D eigenvalue weighted by molar-refractivity contribution is 7.80. The third-order valence-corrected chi connectivity index (χ3v) is 3.12. The lowest BCUT2D eigenvalue weighted by atomic mass is 10.0. The zero-order valence-corrected chi connectivity index (χ0v) is 11.2. The average molecular weight is 277 g/mol. The number of benzene rings is 1. The normalized spacial score (nSPS) is 13.6. The van der Waals surface area contributed by atoms with Crippen LogP contribution in [0.5, 0.6) is 0 Å². The zero-order chi connectivity index (χ0) is 13.8. The Bertz CT molecular complexity index is 530. The molecule has 6 heteroatoms. The van der Waals surface area contributed by atoms with Crippen LogP contribution in [0.3, 0.4) is 0 Å². The van der Waals surface area contributed by atoms with Crippen molar-refractivity contribution in [1.82, 2.24) is 5.32 Å². The summed E-state index contributed by atoms with van der Waals surface area (Å²) in [6, 6.07) is 7.62. The number of hydrogen-bond donors (Lipinski definition) is 2. The van der Waals surface area contributed by atoms with Crippen LogP contribution >= 0.6 is 12.2 Å². The van der Waals surface area contributed by atoms with E-state index in [9.17, 15) is 9.59 Å². The van der Waals surface area contributed by atoms with Gasteiger partial charge < -0.3 is 16.0 Å². The summed E-state index contributed by atoms with van der Waals surface area (Å²) < 4.78 is 0. The summed E-state index contributed by atoms with van der Waals surface area (Å²) in [4.78, 5) is 25.5. The predicted molar refractivity (Wildman–Crippen MR) is 76.9 cm³/mol. The molecule has 2 amide bonds. The maximum Gasteiger partial charge on any atom is 0.316 e. The van der Waals surface area contributed by atoms with E-state index in [1.165, 1.54) is 4.90 Å². The van der Waals surface area contributed by atoms with E-state index in [1.54, 1.807) is 0 Å². The molecular weight excluding hydrogens is 262 g/mol. The van der Waals surface area contributed by atoms with Gasteiger partial charge in [-0.05, 0) is 24.5 Å². The summed E-state index contributed by atoms with van der Waals surface area (Å²) in [7, 11) is 0. The van der Waals surface area contributed by atoms with Gasteiger partial charge in [-0.3, -0.25) is 9.59 Å². The average Bonchev–Trinajstić information content (AvgIpc) is 2.43. The van der Waals surface area contributed by atoms with E-state index in [4.69, 9.17) is 5.73 Å². The molecule has 0 unspecified atom stereocenters. The van der Waals surface area contributed by atoms with Gasteiger partial charge in [0.2, 0.25) is 0 Å². The molecule has 19 heavy (non-hydrogen) atoms. The summed E-state index contributed by atoms with van der Waals surface area (Å²) in [5.41, 5.74) is 7.18. The summed E-state index contributed by atoms with van der Waals surface area (Å²) in [5.74, 6) is -1.24. The molecule has 0 aliphatic carbocycles. The monoisotopic (exact) mass is 277 g/mol. The number of fused-ring (bicyclic) bond motifs is 1. The van der Waals surface area contributed by atoms with E-state index in [-0.39, 0.29) is 11.5 Å². The SMILES string of the molecule is NC(=S)CNC(=O)C(=O)N1CCCc2ccccc21. The largest absolute Gasteiger partial charge is 0.392 e. The molecule has 0 aromatic heterocycles. The van der Waals surface area contributed by atoms with Crippen LogP contribution in [-0.4, -0.2) is 29.9 Å². The van der Waals surface area contributed by atoms with Gasteiger partial charge in [-0.1, -0.05) is 30.4 Å². The van der Waals surface area contributed by atoms with Gasteiger partial charge in [0.15, 0.2) is 0 Å². The molecule has 100 valence electrons. The standard InChI is InChI=1S/C13H15N3O2S/c14-11(19)8-15-12(17)13(18)16-7-3-5-9-4-1-2-6-10(9)16/h1-2,4,6H,3,5,7-8H2,(H2,14,19)(H,15,17). The Kier molecular flexibility index (Phi) is 4.11. The molecule has 1 aromatic rings. The minimum atomic E-state index is -0.676. The molecule has 0 fully saturated rings. The zero-order valence-electron chi connectivity index (χ0n) is 10.4. The fourth-order valence-electron chi connectivity index (χ4n) is 2.11. The number of rotatable bonds is 2. The Morgan fingerprint density at radius 3 is 2.84 bits per heavy atom. The first-order valence-electron chi connectivity index (χ1n) is 6.05. The van der Waals surface area contributed by atoms with E-state index in [2.05, 4.69) is 17.5 Å². The van der Waals surface area contributed by atoms with Crippen LogP contribution in [0.25, 0.3) is 0 Å². The molecule has 0 spiro atoms. The molecule has 0 bridgehead atoms. The van der Waals surface area contributed by atoms with Crippen LogP contribution in [0.1, 0.15) is 12.0 Å². The number of anilines is 1. The lowest BCUT2D eigenvalue weighted by molar-refractivity contribution is -0.137. The molecule has 5 nitrogen and oxygen atoms in total. The van der Waals surface area contributed by atoms with Crippen LogP contribution in [-0.2, 0) is 16.0 Å². The van der Waals surface area contributed by atoms with Gasteiger partial charge in [0.25, 0.3) is 0 Å². The highest BCUT2D eigenvalue weighted by atomic mass is 32.1. The number of thiocarbonyl (C=S) groups is 1. The molecule has 0 radical (unpaired) electrons. The van der Waals surface area contributed by atoms with Crippen molar-refractivity contribution in [3.8, 4) is 0 Å². The van der Waals surface area contributed by atoms with E-state index in [1.807, 2.05) is 24.3 Å². The number of nitrogens with one attached hydrogen (secondary N) is 1. The number of nitrogens with two attached hydrogens (primary N) is 1. The maximum absolute atomic E-state index is 12.1. The van der Waals surface area contributed by atoms with Crippen LogP contribution in [0, 0.1) is 0 Å². The number of hydrogen-bond acceptors (Lipinski definition) is 3. The Hall–Kier alpha value is -1.95. The van der Waals surface area contributed by atoms with E-state index < -0.39 is 11.8 Å². The predicted octanol–water partition coefficient (Wildman–Crippen LogP) is 0.368. The number of carbonyl (C=O) groups is 2. The maximum atomic E-state index is 12.1. The molecule has 0 saturated heterocycles. The van der Waals surface area contributed by atoms with E-state index in [0.717, 1.165) is 24.1 Å². The molecule has 1 aromatic carbocycles. The smallest absolute Gasteiger partial charge is 0.316 e. The van der Waals surface area contributed by atoms with Gasteiger partial charge in [-0.2, -0.15) is 0 Å². The number of nitrogens with zero attached hydrogens (tertiary/aromatic N) is 1. The van der Waals surface area contributed by atoms with E-state index in [0.29, 0.717) is 6.54 Å². The first-order chi connectivity index (χ1) is 9.09. The van der Waals surface area contributed by atoms with Crippen LogP contribution in [0.2, 0.25) is 0 Å².